The molecule has 26 heavy (non-hydrogen) atoms. The van der Waals surface area contributed by atoms with Gasteiger partial charge in [-0.2, -0.15) is 0 Å². The number of rotatable bonds is 6. The van der Waals surface area contributed by atoms with Crippen LogP contribution in [0.2, 0.25) is 0 Å². The summed E-state index contributed by atoms with van der Waals surface area (Å²) in [5.74, 6) is -0.0996. The van der Waals surface area contributed by atoms with Crippen molar-refractivity contribution < 1.29 is 18.0 Å². The number of nitrogens with one attached hydrogen (secondary N) is 1. The molecule has 1 N–H and O–H groups in total. The van der Waals surface area contributed by atoms with Gasteiger partial charge in [-0.3, -0.25) is 9.59 Å². The predicted octanol–water partition coefficient (Wildman–Crippen LogP) is 1.82. The first-order valence-electron chi connectivity index (χ1n) is 9.33. The van der Waals surface area contributed by atoms with E-state index in [4.69, 9.17) is 0 Å². The Labute approximate surface area is 153 Å². The molecule has 140 valence electrons. The van der Waals surface area contributed by atoms with Gasteiger partial charge >= 0.3 is 0 Å². The molecule has 1 aromatic rings. The van der Waals surface area contributed by atoms with Crippen molar-refractivity contribution in [1.82, 2.24) is 5.32 Å². The number of nitrogens with zero attached hydrogens (tertiary/aromatic N) is 1. The van der Waals surface area contributed by atoms with Gasteiger partial charge in [0.15, 0.2) is 9.84 Å². The van der Waals surface area contributed by atoms with E-state index >= 15 is 0 Å². The third kappa shape index (κ3) is 3.49. The molecule has 0 radical (unpaired) electrons. The van der Waals surface area contributed by atoms with Crippen LogP contribution in [0.3, 0.4) is 0 Å². The Morgan fingerprint density at radius 1 is 1.19 bits per heavy atom. The van der Waals surface area contributed by atoms with Crippen molar-refractivity contribution in [2.45, 2.75) is 62.4 Å². The van der Waals surface area contributed by atoms with Gasteiger partial charge < -0.3 is 10.2 Å². The highest BCUT2D eigenvalue weighted by Crippen LogP contribution is 2.39. The van der Waals surface area contributed by atoms with Gasteiger partial charge in [0.1, 0.15) is 0 Å². The van der Waals surface area contributed by atoms with E-state index in [9.17, 15) is 18.0 Å². The third-order valence-electron chi connectivity index (χ3n) is 5.33. The molecule has 1 aliphatic heterocycles. The minimum absolute atomic E-state index is 0.0153. The Morgan fingerprint density at radius 3 is 2.58 bits per heavy atom. The molecule has 0 aromatic heterocycles. The van der Waals surface area contributed by atoms with Gasteiger partial charge in [0.05, 0.1) is 10.6 Å². The number of fused-ring (bicyclic) bond motifs is 1. The molecule has 2 fully saturated rings. The molecule has 6 nitrogen and oxygen atoms in total. The van der Waals surface area contributed by atoms with E-state index in [1.165, 1.54) is 0 Å². The van der Waals surface area contributed by atoms with Crippen LogP contribution in [0, 0.1) is 5.92 Å². The number of sulfone groups is 1. The minimum Gasteiger partial charge on any atom is -0.353 e. The highest BCUT2D eigenvalue weighted by molar-refractivity contribution is 7.91. The number of anilines is 1. The van der Waals surface area contributed by atoms with Crippen molar-refractivity contribution in [1.29, 1.82) is 0 Å². The molecule has 0 bridgehead atoms. The van der Waals surface area contributed by atoms with Crippen molar-refractivity contribution >= 4 is 27.3 Å². The standard InChI is InChI=1S/C19H24N2O4S/c1-12-10-14-11-16(6-7-17(14)21(12)19(23)13-2-3-13)26(24,25)9-8-18(22)20-15-4-5-15/h6-7,11-13,15H,2-5,8-10H2,1H3,(H,20,22). The molecule has 2 aliphatic carbocycles. The van der Waals surface area contributed by atoms with Gasteiger partial charge in [-0.25, -0.2) is 8.42 Å². The topological polar surface area (TPSA) is 83.6 Å². The SMILES string of the molecule is CC1Cc2cc(S(=O)(=O)CCC(=O)NC3CC3)ccc2N1C(=O)C1CC1. The van der Waals surface area contributed by atoms with Gasteiger partial charge in [0.25, 0.3) is 0 Å². The zero-order chi connectivity index (χ0) is 18.5. The first kappa shape index (κ1) is 17.5. The third-order valence-corrected chi connectivity index (χ3v) is 7.04. The summed E-state index contributed by atoms with van der Waals surface area (Å²) in [6.07, 6.45) is 4.52. The average Bonchev–Trinajstić information content (AvgIpc) is 3.49. The van der Waals surface area contributed by atoms with Gasteiger partial charge in [-0.1, -0.05) is 0 Å². The molecule has 1 aromatic carbocycles. The Bertz CT molecular complexity index is 856. The lowest BCUT2D eigenvalue weighted by Gasteiger charge is -2.22. The lowest BCUT2D eigenvalue weighted by Crippen LogP contribution is -2.36. The Balaban J connectivity index is 1.48. The number of carbonyl (C=O) groups is 2. The fourth-order valence-corrected chi connectivity index (χ4v) is 4.82. The average molecular weight is 376 g/mol. The van der Waals surface area contributed by atoms with Crippen LogP contribution in [-0.4, -0.2) is 38.1 Å². The van der Waals surface area contributed by atoms with Crippen LogP contribution < -0.4 is 10.2 Å². The zero-order valence-corrected chi connectivity index (χ0v) is 15.7. The van der Waals surface area contributed by atoms with E-state index in [1.54, 1.807) is 18.2 Å². The second-order valence-corrected chi connectivity index (χ2v) is 9.85. The molecule has 7 heteroatoms. The van der Waals surface area contributed by atoms with Crippen LogP contribution in [0.15, 0.2) is 23.1 Å². The Kier molecular flexibility index (Phi) is 4.29. The summed E-state index contributed by atoms with van der Waals surface area (Å²) in [5.41, 5.74) is 1.73. The van der Waals surface area contributed by atoms with E-state index < -0.39 is 9.84 Å². The summed E-state index contributed by atoms with van der Waals surface area (Å²) < 4.78 is 25.2. The summed E-state index contributed by atoms with van der Waals surface area (Å²) in [7, 11) is -3.52. The highest BCUT2D eigenvalue weighted by Gasteiger charge is 2.39. The largest absolute Gasteiger partial charge is 0.353 e. The lowest BCUT2D eigenvalue weighted by atomic mass is 10.1. The van der Waals surface area contributed by atoms with E-state index in [2.05, 4.69) is 5.32 Å². The van der Waals surface area contributed by atoms with Gasteiger partial charge in [-0.05, 0) is 62.8 Å². The van der Waals surface area contributed by atoms with Crippen LogP contribution in [0.25, 0.3) is 0 Å². The summed E-state index contributed by atoms with van der Waals surface area (Å²) in [6.45, 7) is 2.00. The zero-order valence-electron chi connectivity index (χ0n) is 14.9. The molecule has 4 rings (SSSR count). The Hall–Kier alpha value is -1.89. The van der Waals surface area contributed by atoms with E-state index in [0.29, 0.717) is 6.42 Å². The van der Waals surface area contributed by atoms with Crippen LogP contribution in [0.5, 0.6) is 0 Å². The fourth-order valence-electron chi connectivity index (χ4n) is 3.54. The quantitative estimate of drug-likeness (QED) is 0.821. The normalized spacial score (nSPS) is 22.2. The molecule has 0 spiro atoms. The second-order valence-electron chi connectivity index (χ2n) is 7.74. The summed E-state index contributed by atoms with van der Waals surface area (Å²) in [6, 6.07) is 5.29. The fraction of sp³-hybridized carbons (Fsp3) is 0.579. The maximum atomic E-state index is 12.6. The molecule has 3 aliphatic rings. The van der Waals surface area contributed by atoms with Gasteiger partial charge in [0, 0.05) is 30.1 Å². The van der Waals surface area contributed by atoms with Crippen molar-refractivity contribution in [2.75, 3.05) is 10.7 Å². The number of hydrogen-bond donors (Lipinski definition) is 1. The minimum atomic E-state index is -3.52. The van der Waals surface area contributed by atoms with Gasteiger partial charge in [0.2, 0.25) is 11.8 Å². The molecule has 0 saturated heterocycles. The summed E-state index contributed by atoms with van der Waals surface area (Å²) >= 11 is 0. The van der Waals surface area contributed by atoms with E-state index in [-0.39, 0.29) is 46.9 Å². The lowest BCUT2D eigenvalue weighted by molar-refractivity contribution is -0.121. The van der Waals surface area contributed by atoms with Gasteiger partial charge in [-0.15, -0.1) is 0 Å². The smallest absolute Gasteiger partial charge is 0.230 e. The van der Waals surface area contributed by atoms with Crippen LogP contribution >= 0.6 is 0 Å². The first-order chi connectivity index (χ1) is 12.3. The predicted molar refractivity (Wildman–Crippen MR) is 97.7 cm³/mol. The molecule has 2 saturated carbocycles. The van der Waals surface area contributed by atoms with Crippen LogP contribution in [0.1, 0.15) is 44.6 Å². The monoisotopic (exact) mass is 376 g/mol. The second kappa shape index (κ2) is 6.37. The maximum absolute atomic E-state index is 12.6. The molecule has 1 unspecified atom stereocenters. The number of hydrogen-bond acceptors (Lipinski definition) is 4. The van der Waals surface area contributed by atoms with Crippen molar-refractivity contribution in [2.24, 2.45) is 5.92 Å². The highest BCUT2D eigenvalue weighted by atomic mass is 32.2. The summed E-state index contributed by atoms with van der Waals surface area (Å²) in [4.78, 5) is 26.3. The number of benzene rings is 1. The summed E-state index contributed by atoms with van der Waals surface area (Å²) in [5, 5.41) is 2.81. The molecule has 1 heterocycles. The Morgan fingerprint density at radius 2 is 1.92 bits per heavy atom. The van der Waals surface area contributed by atoms with E-state index in [0.717, 1.165) is 36.9 Å². The number of amides is 2. The van der Waals surface area contributed by atoms with E-state index in [1.807, 2.05) is 11.8 Å². The maximum Gasteiger partial charge on any atom is 0.230 e. The van der Waals surface area contributed by atoms with Crippen molar-refractivity contribution in [3.8, 4) is 0 Å². The number of carbonyl (C=O) groups excluding carboxylic acids is 2. The van der Waals surface area contributed by atoms with Crippen LogP contribution in [0.4, 0.5) is 5.69 Å². The molecule has 1 atom stereocenters. The van der Waals surface area contributed by atoms with Crippen molar-refractivity contribution in [3.63, 3.8) is 0 Å². The van der Waals surface area contributed by atoms with Crippen molar-refractivity contribution in [3.05, 3.63) is 23.8 Å². The van der Waals surface area contributed by atoms with Crippen LogP contribution in [-0.2, 0) is 25.8 Å². The molecular weight excluding hydrogens is 352 g/mol. The first-order valence-corrected chi connectivity index (χ1v) is 11.0. The molecule has 2 amide bonds. The molecular formula is C19H24N2O4S.